The monoisotopic (exact) mass is 181 g/mol. The number of rotatable bonds is 9. The van der Waals surface area contributed by atoms with Crippen LogP contribution in [0.3, 0.4) is 0 Å². The first-order valence-electron chi connectivity index (χ1n) is 5.84. The van der Waals surface area contributed by atoms with Crippen molar-refractivity contribution >= 4 is 0 Å². The second-order valence-electron chi connectivity index (χ2n) is 3.66. The molecule has 13 heavy (non-hydrogen) atoms. The highest BCUT2D eigenvalue weighted by Gasteiger charge is 1.86. The van der Waals surface area contributed by atoms with Crippen LogP contribution < -0.4 is 0 Å². The SMILES string of the molecule is C[CH]CCCCC/C=C/CCCC. The molecule has 0 nitrogen and oxygen atoms in total. The average Bonchev–Trinajstić information content (AvgIpc) is 2.16. The molecule has 0 amide bonds. The molecule has 0 N–H and O–H groups in total. The summed E-state index contributed by atoms with van der Waals surface area (Å²) >= 11 is 0. The van der Waals surface area contributed by atoms with Crippen molar-refractivity contribution in [1.82, 2.24) is 0 Å². The van der Waals surface area contributed by atoms with Crippen LogP contribution in [0.4, 0.5) is 0 Å². The average molecular weight is 181 g/mol. The molecule has 0 aliphatic rings. The van der Waals surface area contributed by atoms with E-state index in [9.17, 15) is 0 Å². The van der Waals surface area contributed by atoms with E-state index in [4.69, 9.17) is 0 Å². The number of unbranched alkanes of at least 4 members (excludes halogenated alkanes) is 7. The highest BCUT2D eigenvalue weighted by atomic mass is 13.9. The third-order valence-electron chi connectivity index (χ3n) is 2.25. The summed E-state index contributed by atoms with van der Waals surface area (Å²) in [6.07, 6.45) is 17.6. The maximum Gasteiger partial charge on any atom is -0.0351 e. The van der Waals surface area contributed by atoms with Gasteiger partial charge in [0.25, 0.3) is 0 Å². The molecule has 0 fully saturated rings. The van der Waals surface area contributed by atoms with E-state index < -0.39 is 0 Å². The summed E-state index contributed by atoms with van der Waals surface area (Å²) in [6, 6.07) is 0. The van der Waals surface area contributed by atoms with Crippen LogP contribution in [0.1, 0.15) is 65.2 Å². The maximum absolute atomic E-state index is 2.35. The molecule has 0 atom stereocenters. The first-order valence-corrected chi connectivity index (χ1v) is 5.84. The highest BCUT2D eigenvalue weighted by Crippen LogP contribution is 2.05. The van der Waals surface area contributed by atoms with Crippen LogP contribution in [0.25, 0.3) is 0 Å². The van der Waals surface area contributed by atoms with Crippen LogP contribution in [-0.2, 0) is 0 Å². The van der Waals surface area contributed by atoms with Crippen LogP contribution in [0, 0.1) is 6.42 Å². The zero-order valence-corrected chi connectivity index (χ0v) is 9.39. The van der Waals surface area contributed by atoms with E-state index in [0.29, 0.717) is 0 Å². The zero-order chi connectivity index (χ0) is 9.78. The van der Waals surface area contributed by atoms with Gasteiger partial charge in [-0.3, -0.25) is 0 Å². The predicted molar refractivity (Wildman–Crippen MR) is 61.7 cm³/mol. The van der Waals surface area contributed by atoms with Gasteiger partial charge in [-0.05, 0) is 25.7 Å². The van der Waals surface area contributed by atoms with Crippen LogP contribution in [0.2, 0.25) is 0 Å². The number of hydrogen-bond acceptors (Lipinski definition) is 0. The first-order chi connectivity index (χ1) is 6.41. The van der Waals surface area contributed by atoms with Crippen LogP contribution in [-0.4, -0.2) is 0 Å². The molecule has 77 valence electrons. The van der Waals surface area contributed by atoms with Gasteiger partial charge in [0.05, 0.1) is 0 Å². The summed E-state index contributed by atoms with van der Waals surface area (Å²) < 4.78 is 0. The molecule has 0 heteroatoms. The predicted octanol–water partition coefficient (Wildman–Crippen LogP) is 4.91. The summed E-state index contributed by atoms with van der Waals surface area (Å²) in [7, 11) is 0. The maximum atomic E-state index is 2.35. The second-order valence-corrected chi connectivity index (χ2v) is 3.66. The Morgan fingerprint density at radius 3 is 2.00 bits per heavy atom. The van der Waals surface area contributed by atoms with E-state index in [-0.39, 0.29) is 0 Å². The minimum atomic E-state index is 1.28. The van der Waals surface area contributed by atoms with E-state index >= 15 is 0 Å². The molecule has 0 aliphatic carbocycles. The number of allylic oxidation sites excluding steroid dienone is 2. The normalized spacial score (nSPS) is 11.2. The quantitative estimate of drug-likeness (QED) is 0.350. The standard InChI is InChI=1S/C13H25/c1-3-5-7-9-11-13-12-10-8-6-4-2/h3,10,12H,4-9,11,13H2,1-2H3/b12-10+. The summed E-state index contributed by atoms with van der Waals surface area (Å²) in [6.45, 7) is 4.39. The van der Waals surface area contributed by atoms with Gasteiger partial charge >= 0.3 is 0 Å². The third kappa shape index (κ3) is 11.7. The lowest BCUT2D eigenvalue weighted by Gasteiger charge is -1.95. The molecule has 0 rings (SSSR count). The van der Waals surface area contributed by atoms with Gasteiger partial charge in [0, 0.05) is 0 Å². The van der Waals surface area contributed by atoms with Gasteiger partial charge in [-0.15, -0.1) is 0 Å². The smallest absolute Gasteiger partial charge is 0.0351 e. The lowest BCUT2D eigenvalue weighted by molar-refractivity contribution is 0.680. The molecule has 0 aromatic rings. The largest absolute Gasteiger partial charge is 0.0885 e. The topological polar surface area (TPSA) is 0 Å². The van der Waals surface area contributed by atoms with E-state index in [0.717, 1.165) is 0 Å². The molecule has 0 aromatic carbocycles. The van der Waals surface area contributed by atoms with Gasteiger partial charge in [0.1, 0.15) is 0 Å². The minimum Gasteiger partial charge on any atom is -0.0885 e. The van der Waals surface area contributed by atoms with E-state index in [2.05, 4.69) is 32.4 Å². The molecule has 0 saturated heterocycles. The van der Waals surface area contributed by atoms with Gasteiger partial charge in [-0.1, -0.05) is 58.1 Å². The van der Waals surface area contributed by atoms with Crippen molar-refractivity contribution in [1.29, 1.82) is 0 Å². The molecular weight excluding hydrogens is 156 g/mol. The van der Waals surface area contributed by atoms with Crippen molar-refractivity contribution in [2.24, 2.45) is 0 Å². The highest BCUT2D eigenvalue weighted by molar-refractivity contribution is 4.81. The van der Waals surface area contributed by atoms with Crippen molar-refractivity contribution in [3.63, 3.8) is 0 Å². The van der Waals surface area contributed by atoms with Crippen molar-refractivity contribution in [2.75, 3.05) is 0 Å². The zero-order valence-electron chi connectivity index (χ0n) is 9.39. The minimum absolute atomic E-state index is 1.28. The summed E-state index contributed by atoms with van der Waals surface area (Å²) in [5.74, 6) is 0. The fourth-order valence-electron chi connectivity index (χ4n) is 1.35. The van der Waals surface area contributed by atoms with Crippen LogP contribution in [0.15, 0.2) is 12.2 Å². The number of hydrogen-bond donors (Lipinski definition) is 0. The lowest BCUT2D eigenvalue weighted by atomic mass is 10.1. The van der Waals surface area contributed by atoms with E-state index in [1.165, 1.54) is 51.4 Å². The van der Waals surface area contributed by atoms with E-state index in [1.807, 2.05) is 0 Å². The molecule has 0 spiro atoms. The van der Waals surface area contributed by atoms with Gasteiger partial charge in [-0.25, -0.2) is 0 Å². The Hall–Kier alpha value is -0.260. The fourth-order valence-corrected chi connectivity index (χ4v) is 1.35. The fraction of sp³-hybridized carbons (Fsp3) is 0.769. The van der Waals surface area contributed by atoms with Gasteiger partial charge in [0.2, 0.25) is 0 Å². The van der Waals surface area contributed by atoms with Crippen molar-refractivity contribution in [3.05, 3.63) is 18.6 Å². The molecule has 0 unspecified atom stereocenters. The Morgan fingerprint density at radius 1 is 0.769 bits per heavy atom. The van der Waals surface area contributed by atoms with Crippen LogP contribution >= 0.6 is 0 Å². The molecular formula is C13H25. The summed E-state index contributed by atoms with van der Waals surface area (Å²) in [5.41, 5.74) is 0. The van der Waals surface area contributed by atoms with Crippen molar-refractivity contribution in [3.8, 4) is 0 Å². The van der Waals surface area contributed by atoms with E-state index in [1.54, 1.807) is 0 Å². The van der Waals surface area contributed by atoms with Gasteiger partial charge in [0.15, 0.2) is 0 Å². The Labute approximate surface area is 84.4 Å². The third-order valence-corrected chi connectivity index (χ3v) is 2.25. The van der Waals surface area contributed by atoms with Crippen LogP contribution in [0.5, 0.6) is 0 Å². The Morgan fingerprint density at radius 2 is 1.38 bits per heavy atom. The Bertz CT molecular complexity index is 103. The Balaban J connectivity index is 2.93. The summed E-state index contributed by atoms with van der Waals surface area (Å²) in [4.78, 5) is 0. The Kier molecular flexibility index (Phi) is 11.5. The van der Waals surface area contributed by atoms with Crippen molar-refractivity contribution in [2.45, 2.75) is 65.2 Å². The molecule has 0 heterocycles. The molecule has 0 bridgehead atoms. The summed E-state index contributed by atoms with van der Waals surface area (Å²) in [5, 5.41) is 0. The first kappa shape index (κ1) is 12.7. The molecule has 1 radical (unpaired) electrons. The lowest BCUT2D eigenvalue weighted by Crippen LogP contribution is -1.76. The van der Waals surface area contributed by atoms with Gasteiger partial charge < -0.3 is 0 Å². The van der Waals surface area contributed by atoms with Gasteiger partial charge in [-0.2, -0.15) is 0 Å². The molecule has 0 aromatic heterocycles. The second kappa shape index (κ2) is 11.7. The molecule has 0 aliphatic heterocycles. The van der Waals surface area contributed by atoms with Crippen molar-refractivity contribution < 1.29 is 0 Å². The molecule has 0 saturated carbocycles.